The molecule has 1 aliphatic rings. The molecule has 5 heteroatoms. The van der Waals surface area contributed by atoms with Gasteiger partial charge in [0.2, 0.25) is 0 Å². The Morgan fingerprint density at radius 3 is 2.78 bits per heavy atom. The van der Waals surface area contributed by atoms with Crippen molar-refractivity contribution in [1.29, 1.82) is 0 Å². The molecule has 1 N–H and O–H groups in total. The normalized spacial score (nSPS) is 12.5. The first kappa shape index (κ1) is 19.5. The summed E-state index contributed by atoms with van der Waals surface area (Å²) in [5.74, 6) is -0.484. The predicted molar refractivity (Wildman–Crippen MR) is 109 cm³/mol. The lowest BCUT2D eigenvalue weighted by molar-refractivity contribution is -0.144. The van der Waals surface area contributed by atoms with Crippen molar-refractivity contribution < 1.29 is 14.3 Å². The number of hydrogen-bond donors (Lipinski definition) is 1. The van der Waals surface area contributed by atoms with E-state index in [0.29, 0.717) is 0 Å². The summed E-state index contributed by atoms with van der Waals surface area (Å²) in [6.07, 6.45) is 4.31. The molecule has 0 bridgehead atoms. The van der Waals surface area contributed by atoms with Crippen molar-refractivity contribution in [3.05, 3.63) is 58.7 Å². The Labute approximate surface area is 164 Å². The SMILES string of the molecule is CCc1cccc(C)c1NC(=O)COC(=O)CSc1ccc2c(c1)CCC2. The Balaban J connectivity index is 1.46. The Hall–Kier alpha value is -2.27. The van der Waals surface area contributed by atoms with Crippen LogP contribution in [0, 0.1) is 6.92 Å². The number of nitrogens with one attached hydrogen (secondary N) is 1. The van der Waals surface area contributed by atoms with Gasteiger partial charge in [-0.15, -0.1) is 11.8 Å². The van der Waals surface area contributed by atoms with E-state index >= 15 is 0 Å². The fourth-order valence-corrected chi connectivity index (χ4v) is 4.10. The van der Waals surface area contributed by atoms with E-state index in [1.165, 1.54) is 29.3 Å². The monoisotopic (exact) mass is 383 g/mol. The van der Waals surface area contributed by atoms with Gasteiger partial charge in [0, 0.05) is 10.6 Å². The van der Waals surface area contributed by atoms with Crippen LogP contribution in [0.15, 0.2) is 41.3 Å². The lowest BCUT2D eigenvalue weighted by atomic mass is 10.1. The van der Waals surface area contributed by atoms with Crippen LogP contribution < -0.4 is 5.32 Å². The van der Waals surface area contributed by atoms with Gasteiger partial charge >= 0.3 is 5.97 Å². The smallest absolute Gasteiger partial charge is 0.316 e. The van der Waals surface area contributed by atoms with E-state index in [9.17, 15) is 9.59 Å². The van der Waals surface area contributed by atoms with Crippen LogP contribution >= 0.6 is 11.8 Å². The highest BCUT2D eigenvalue weighted by molar-refractivity contribution is 8.00. The summed E-state index contributed by atoms with van der Waals surface area (Å²) in [5, 5.41) is 2.86. The molecule has 0 spiro atoms. The second-order valence-electron chi connectivity index (χ2n) is 6.74. The number of benzene rings is 2. The largest absolute Gasteiger partial charge is 0.455 e. The van der Waals surface area contributed by atoms with Gasteiger partial charge in [-0.3, -0.25) is 9.59 Å². The first-order valence-electron chi connectivity index (χ1n) is 9.35. The van der Waals surface area contributed by atoms with E-state index in [-0.39, 0.29) is 24.2 Å². The maximum atomic E-state index is 12.1. The summed E-state index contributed by atoms with van der Waals surface area (Å²) in [4.78, 5) is 25.2. The molecule has 1 aliphatic carbocycles. The average Bonchev–Trinajstić information content (AvgIpc) is 3.14. The summed E-state index contributed by atoms with van der Waals surface area (Å²) in [5.41, 5.74) is 5.69. The van der Waals surface area contributed by atoms with Crippen molar-refractivity contribution in [1.82, 2.24) is 0 Å². The van der Waals surface area contributed by atoms with Crippen LogP contribution in [-0.4, -0.2) is 24.2 Å². The number of fused-ring (bicyclic) bond motifs is 1. The predicted octanol–water partition coefficient (Wildman–Crippen LogP) is 4.32. The highest BCUT2D eigenvalue weighted by Crippen LogP contribution is 2.27. The van der Waals surface area contributed by atoms with Crippen LogP contribution in [0.1, 0.15) is 35.6 Å². The molecule has 0 aliphatic heterocycles. The van der Waals surface area contributed by atoms with Crippen LogP contribution in [0.2, 0.25) is 0 Å². The number of amides is 1. The minimum Gasteiger partial charge on any atom is -0.455 e. The molecule has 0 fully saturated rings. The molecule has 0 atom stereocenters. The summed E-state index contributed by atoms with van der Waals surface area (Å²) in [7, 11) is 0. The van der Waals surface area contributed by atoms with Gasteiger partial charge in [0.1, 0.15) is 0 Å². The van der Waals surface area contributed by atoms with Gasteiger partial charge in [0.05, 0.1) is 5.75 Å². The van der Waals surface area contributed by atoms with Crippen molar-refractivity contribution in [2.24, 2.45) is 0 Å². The highest BCUT2D eigenvalue weighted by atomic mass is 32.2. The van der Waals surface area contributed by atoms with Crippen LogP contribution in [-0.2, 0) is 33.6 Å². The zero-order valence-electron chi connectivity index (χ0n) is 15.8. The van der Waals surface area contributed by atoms with Crippen LogP contribution in [0.25, 0.3) is 0 Å². The number of aryl methyl sites for hydroxylation is 4. The maximum Gasteiger partial charge on any atom is 0.316 e. The second kappa shape index (κ2) is 9.09. The molecule has 4 nitrogen and oxygen atoms in total. The molecule has 0 heterocycles. The molecule has 1 amide bonds. The number of thioether (sulfide) groups is 1. The van der Waals surface area contributed by atoms with Gasteiger partial charge < -0.3 is 10.1 Å². The minimum absolute atomic E-state index is 0.205. The van der Waals surface area contributed by atoms with E-state index in [4.69, 9.17) is 4.74 Å². The zero-order chi connectivity index (χ0) is 19.2. The Bertz CT molecular complexity index is 847. The number of hydrogen-bond acceptors (Lipinski definition) is 4. The number of carbonyl (C=O) groups is 2. The number of esters is 1. The van der Waals surface area contributed by atoms with E-state index in [1.807, 2.05) is 32.0 Å². The lowest BCUT2D eigenvalue weighted by Crippen LogP contribution is -2.22. The lowest BCUT2D eigenvalue weighted by Gasteiger charge is -2.13. The summed E-state index contributed by atoms with van der Waals surface area (Å²) in [6, 6.07) is 12.3. The molecule has 2 aromatic carbocycles. The minimum atomic E-state index is -0.379. The molecular formula is C22H25NO3S. The number of rotatable bonds is 7. The van der Waals surface area contributed by atoms with Gasteiger partial charge in [-0.1, -0.05) is 31.2 Å². The molecule has 0 saturated carbocycles. The Kier molecular flexibility index (Phi) is 6.56. The van der Waals surface area contributed by atoms with Crippen molar-refractivity contribution in [2.75, 3.05) is 17.7 Å². The summed E-state index contributed by atoms with van der Waals surface area (Å²) >= 11 is 1.45. The van der Waals surface area contributed by atoms with Crippen molar-refractivity contribution in [3.63, 3.8) is 0 Å². The number of carbonyl (C=O) groups excluding carboxylic acids is 2. The fourth-order valence-electron chi connectivity index (χ4n) is 3.35. The van der Waals surface area contributed by atoms with Crippen LogP contribution in [0.4, 0.5) is 5.69 Å². The number of anilines is 1. The zero-order valence-corrected chi connectivity index (χ0v) is 16.7. The Morgan fingerprint density at radius 1 is 1.15 bits per heavy atom. The third-order valence-corrected chi connectivity index (χ3v) is 5.76. The third kappa shape index (κ3) is 5.13. The fraction of sp³-hybridized carbons (Fsp3) is 0.364. The Morgan fingerprint density at radius 2 is 1.96 bits per heavy atom. The quantitative estimate of drug-likeness (QED) is 0.571. The number of para-hydroxylation sites is 1. The van der Waals surface area contributed by atoms with Crippen LogP contribution in [0.3, 0.4) is 0 Å². The molecule has 142 valence electrons. The highest BCUT2D eigenvalue weighted by Gasteiger charge is 2.14. The van der Waals surface area contributed by atoms with E-state index in [1.54, 1.807) is 0 Å². The second-order valence-corrected chi connectivity index (χ2v) is 7.79. The average molecular weight is 384 g/mol. The topological polar surface area (TPSA) is 55.4 Å². The van der Waals surface area contributed by atoms with Crippen molar-refractivity contribution in [3.8, 4) is 0 Å². The third-order valence-electron chi connectivity index (χ3n) is 4.80. The molecule has 2 aromatic rings. The molecule has 3 rings (SSSR count). The van der Waals surface area contributed by atoms with E-state index < -0.39 is 0 Å². The first-order chi connectivity index (χ1) is 13.1. The standard InChI is InChI=1S/C22H25NO3S/c1-3-16-7-4-6-15(2)22(16)23-20(24)13-26-21(25)14-27-19-11-10-17-8-5-9-18(17)12-19/h4,6-7,10-12H,3,5,8-9,13-14H2,1-2H3,(H,23,24). The van der Waals surface area contributed by atoms with Gasteiger partial charge in [-0.25, -0.2) is 0 Å². The summed E-state index contributed by atoms with van der Waals surface area (Å²) < 4.78 is 5.13. The van der Waals surface area contributed by atoms with Gasteiger partial charge in [0.25, 0.3) is 5.91 Å². The molecular weight excluding hydrogens is 358 g/mol. The molecule has 0 aromatic heterocycles. The first-order valence-corrected chi connectivity index (χ1v) is 10.3. The van der Waals surface area contributed by atoms with Crippen LogP contribution in [0.5, 0.6) is 0 Å². The van der Waals surface area contributed by atoms with E-state index in [2.05, 4.69) is 23.5 Å². The van der Waals surface area contributed by atoms with Gasteiger partial charge in [-0.05, 0) is 67.0 Å². The van der Waals surface area contributed by atoms with Crippen molar-refractivity contribution in [2.45, 2.75) is 44.4 Å². The summed E-state index contributed by atoms with van der Waals surface area (Å²) in [6.45, 7) is 3.73. The van der Waals surface area contributed by atoms with Crippen molar-refractivity contribution >= 4 is 29.3 Å². The molecule has 0 unspecified atom stereocenters. The van der Waals surface area contributed by atoms with Gasteiger partial charge in [0.15, 0.2) is 6.61 Å². The molecule has 0 saturated heterocycles. The number of ether oxygens (including phenoxy) is 1. The maximum absolute atomic E-state index is 12.1. The molecule has 27 heavy (non-hydrogen) atoms. The molecule has 0 radical (unpaired) electrons. The van der Waals surface area contributed by atoms with Gasteiger partial charge in [-0.2, -0.15) is 0 Å². The van der Waals surface area contributed by atoms with E-state index in [0.717, 1.165) is 41.0 Å².